The normalized spacial score (nSPS) is 9.70. The number of rotatable bonds is 8. The van der Waals surface area contributed by atoms with Gasteiger partial charge in [0.25, 0.3) is 0 Å². The van der Waals surface area contributed by atoms with Gasteiger partial charge in [-0.05, 0) is 57.0 Å². The average molecular weight is 494 g/mol. The maximum absolute atomic E-state index is 3.58. The van der Waals surface area contributed by atoms with Gasteiger partial charge >= 0.3 is 0 Å². The quantitative estimate of drug-likeness (QED) is 0.463. The topological polar surface area (TPSA) is 27.3 Å². The van der Waals surface area contributed by atoms with Gasteiger partial charge in [-0.3, -0.25) is 0 Å². The zero-order valence-electron chi connectivity index (χ0n) is 16.9. The van der Waals surface area contributed by atoms with Crippen molar-refractivity contribution in [1.29, 1.82) is 0 Å². The van der Waals surface area contributed by atoms with Gasteiger partial charge < -0.3 is 40.3 Å². The summed E-state index contributed by atoms with van der Waals surface area (Å²) in [4.78, 5) is 2.36. The maximum atomic E-state index is 3.58. The van der Waals surface area contributed by atoms with Gasteiger partial charge in [0.15, 0.2) is 0 Å². The predicted molar refractivity (Wildman–Crippen MR) is 106 cm³/mol. The van der Waals surface area contributed by atoms with Crippen LogP contribution in [0.3, 0.4) is 0 Å². The molecule has 0 bridgehead atoms. The SMILES string of the molecule is Cc1cccc(C)c1NCCN(C)CCNc1c(C)cccc1C.[Cl-].[Cl-].[Tc]. The van der Waals surface area contributed by atoms with Gasteiger partial charge in [-0.1, -0.05) is 36.4 Å². The van der Waals surface area contributed by atoms with E-state index in [1.165, 1.54) is 33.6 Å². The number of nitrogens with zero attached hydrogens (tertiary/aromatic N) is 1. The van der Waals surface area contributed by atoms with Gasteiger partial charge in [0, 0.05) is 57.7 Å². The van der Waals surface area contributed by atoms with E-state index in [4.69, 9.17) is 0 Å². The fraction of sp³-hybridized carbons (Fsp3) is 0.429. The largest absolute Gasteiger partial charge is 1.00 e. The number of para-hydroxylation sites is 2. The number of aryl methyl sites for hydroxylation is 4. The summed E-state index contributed by atoms with van der Waals surface area (Å²) in [7, 11) is 2.18. The molecule has 0 spiro atoms. The summed E-state index contributed by atoms with van der Waals surface area (Å²) in [5, 5.41) is 7.15. The van der Waals surface area contributed by atoms with Crippen molar-refractivity contribution in [3.8, 4) is 0 Å². The van der Waals surface area contributed by atoms with Gasteiger partial charge in [0.1, 0.15) is 0 Å². The predicted octanol–water partition coefficient (Wildman–Crippen LogP) is -1.62. The van der Waals surface area contributed by atoms with Crippen LogP contribution in [0.2, 0.25) is 0 Å². The second kappa shape index (κ2) is 14.3. The van der Waals surface area contributed by atoms with Crippen LogP contribution in [0.4, 0.5) is 11.4 Å². The van der Waals surface area contributed by atoms with Crippen molar-refractivity contribution >= 4 is 11.4 Å². The first-order valence-electron chi connectivity index (χ1n) is 8.77. The molecule has 2 aromatic rings. The van der Waals surface area contributed by atoms with Crippen LogP contribution in [-0.2, 0) is 20.1 Å². The minimum absolute atomic E-state index is 0. The molecular weight excluding hydrogens is 463 g/mol. The van der Waals surface area contributed by atoms with Crippen LogP contribution in [0, 0.1) is 27.7 Å². The van der Waals surface area contributed by atoms with Crippen molar-refractivity contribution in [2.24, 2.45) is 0 Å². The number of benzene rings is 2. The van der Waals surface area contributed by atoms with Crippen LogP contribution in [-0.4, -0.2) is 38.1 Å². The molecule has 0 saturated heterocycles. The van der Waals surface area contributed by atoms with E-state index < -0.39 is 0 Å². The number of likely N-dealkylation sites (N-methyl/N-ethyl adjacent to an activating group) is 1. The molecule has 27 heavy (non-hydrogen) atoms. The number of hydrogen-bond acceptors (Lipinski definition) is 3. The molecule has 0 aliphatic heterocycles. The minimum Gasteiger partial charge on any atom is -1.00 e. The summed E-state index contributed by atoms with van der Waals surface area (Å²) in [6.45, 7) is 12.6. The van der Waals surface area contributed by atoms with Crippen molar-refractivity contribution in [1.82, 2.24) is 4.90 Å². The molecule has 0 fully saturated rings. The minimum atomic E-state index is 0. The van der Waals surface area contributed by atoms with Gasteiger partial charge in [0.2, 0.25) is 0 Å². The van der Waals surface area contributed by atoms with E-state index in [-0.39, 0.29) is 44.9 Å². The first kappa shape index (κ1) is 28.4. The summed E-state index contributed by atoms with van der Waals surface area (Å²) in [6.07, 6.45) is 0. The Kier molecular flexibility index (Phi) is 15.0. The molecule has 6 heteroatoms. The molecule has 2 N–H and O–H groups in total. The van der Waals surface area contributed by atoms with Crippen molar-refractivity contribution in [2.45, 2.75) is 27.7 Å². The van der Waals surface area contributed by atoms with Gasteiger partial charge in [-0.2, -0.15) is 0 Å². The van der Waals surface area contributed by atoms with Crippen molar-refractivity contribution < 1.29 is 44.9 Å². The van der Waals surface area contributed by atoms with Crippen LogP contribution < -0.4 is 35.4 Å². The first-order chi connectivity index (χ1) is 11.5. The molecule has 0 heterocycles. The molecule has 0 aliphatic carbocycles. The summed E-state index contributed by atoms with van der Waals surface area (Å²) < 4.78 is 0. The molecule has 0 atom stereocenters. The summed E-state index contributed by atoms with van der Waals surface area (Å²) in [5.74, 6) is 0. The number of anilines is 2. The Labute approximate surface area is 190 Å². The van der Waals surface area contributed by atoms with Crippen LogP contribution in [0.1, 0.15) is 22.3 Å². The maximum Gasteiger partial charge on any atom is 0.0400 e. The molecular formula is C21H31Cl2N3Tc-2. The van der Waals surface area contributed by atoms with Crippen LogP contribution in [0.25, 0.3) is 0 Å². The van der Waals surface area contributed by atoms with Crippen molar-refractivity contribution in [2.75, 3.05) is 43.9 Å². The van der Waals surface area contributed by atoms with Crippen LogP contribution >= 0.6 is 0 Å². The number of nitrogens with one attached hydrogen (secondary N) is 2. The molecule has 2 rings (SSSR count). The second-order valence-electron chi connectivity index (χ2n) is 6.69. The van der Waals surface area contributed by atoms with Gasteiger partial charge in [0.05, 0.1) is 0 Å². The van der Waals surface area contributed by atoms with Crippen LogP contribution in [0.5, 0.6) is 0 Å². The van der Waals surface area contributed by atoms with E-state index in [2.05, 4.69) is 86.7 Å². The van der Waals surface area contributed by atoms with E-state index >= 15 is 0 Å². The van der Waals surface area contributed by atoms with E-state index in [1.54, 1.807) is 0 Å². The zero-order chi connectivity index (χ0) is 17.5. The van der Waals surface area contributed by atoms with E-state index in [0.29, 0.717) is 0 Å². The molecule has 0 saturated carbocycles. The van der Waals surface area contributed by atoms with Crippen LogP contribution in [0.15, 0.2) is 36.4 Å². The third kappa shape index (κ3) is 8.85. The van der Waals surface area contributed by atoms with E-state index in [1.807, 2.05) is 0 Å². The van der Waals surface area contributed by atoms with E-state index in [0.717, 1.165) is 26.2 Å². The molecule has 1 radical (unpaired) electrons. The summed E-state index contributed by atoms with van der Waals surface area (Å²) in [6, 6.07) is 12.9. The van der Waals surface area contributed by atoms with Crippen molar-refractivity contribution in [3.05, 3.63) is 58.7 Å². The Morgan fingerprint density at radius 2 is 0.963 bits per heavy atom. The Bertz CT molecular complexity index is 582. The second-order valence-corrected chi connectivity index (χ2v) is 6.69. The number of hydrogen-bond donors (Lipinski definition) is 2. The Morgan fingerprint density at radius 1 is 0.667 bits per heavy atom. The van der Waals surface area contributed by atoms with Crippen molar-refractivity contribution in [3.63, 3.8) is 0 Å². The Morgan fingerprint density at radius 3 is 1.26 bits per heavy atom. The molecule has 0 amide bonds. The molecule has 3 nitrogen and oxygen atoms in total. The fourth-order valence-corrected chi connectivity index (χ4v) is 3.04. The number of halogens is 2. The van der Waals surface area contributed by atoms with Gasteiger partial charge in [-0.15, -0.1) is 0 Å². The molecule has 153 valence electrons. The monoisotopic (exact) mass is 492 g/mol. The fourth-order valence-electron chi connectivity index (χ4n) is 3.04. The van der Waals surface area contributed by atoms with E-state index in [9.17, 15) is 0 Å². The standard InChI is InChI=1S/C21H31N3.2ClH.Tc/c1-16-8-6-9-17(2)20(16)22-12-14-24(5)15-13-23-21-18(3)10-7-11-19(21)4;;;/h6-11,22-23H,12-15H2,1-5H3;2*1H;/p-2. The smallest absolute Gasteiger partial charge is 0.0400 e. The summed E-state index contributed by atoms with van der Waals surface area (Å²) in [5.41, 5.74) is 7.81. The molecule has 2 aromatic carbocycles. The third-order valence-corrected chi connectivity index (χ3v) is 4.55. The molecule has 0 aliphatic rings. The molecule has 0 unspecified atom stereocenters. The zero-order valence-corrected chi connectivity index (χ0v) is 20.2. The molecule has 0 aromatic heterocycles. The first-order valence-corrected chi connectivity index (χ1v) is 8.77. The summed E-state index contributed by atoms with van der Waals surface area (Å²) >= 11 is 0. The Hall–Kier alpha value is -0.771. The third-order valence-electron chi connectivity index (χ3n) is 4.55. The Balaban J connectivity index is 0. The van der Waals surface area contributed by atoms with Gasteiger partial charge in [-0.25, -0.2) is 0 Å². The average Bonchev–Trinajstić information content (AvgIpc) is 2.53.